The van der Waals surface area contributed by atoms with Gasteiger partial charge >= 0.3 is 0 Å². The van der Waals surface area contributed by atoms with Crippen LogP contribution in [0.3, 0.4) is 0 Å². The first-order valence-corrected chi connectivity index (χ1v) is 7.75. The van der Waals surface area contributed by atoms with Gasteiger partial charge in [-0.15, -0.1) is 6.42 Å². The monoisotopic (exact) mass is 234 g/mol. The molecule has 2 atom stereocenters. The highest BCUT2D eigenvalue weighted by atomic mass is 32.2. The van der Waals surface area contributed by atoms with Crippen LogP contribution in [0.1, 0.15) is 33.1 Å². The average Bonchev–Trinajstić information content (AvgIpc) is 2.30. The lowest BCUT2D eigenvalue weighted by Gasteiger charge is -2.35. The topological polar surface area (TPSA) is 0 Å². The standard InChI is InChI=1S/C15H22S/c1-6-16(7-2,8-3)12-15-13(4)10-9-11-14(15)5/h1,13-15H,2-3,9-12H2,4-5H3. The molecule has 16 heavy (non-hydrogen) atoms. The predicted octanol–water partition coefficient (Wildman–Crippen LogP) is 3.63. The molecule has 0 aromatic rings. The molecular weight excluding hydrogens is 212 g/mol. The summed E-state index contributed by atoms with van der Waals surface area (Å²) < 4.78 is 0. The highest BCUT2D eigenvalue weighted by Gasteiger charge is 2.28. The van der Waals surface area contributed by atoms with E-state index in [0.29, 0.717) is 5.92 Å². The molecule has 0 aromatic carbocycles. The van der Waals surface area contributed by atoms with Gasteiger partial charge in [0.2, 0.25) is 0 Å². The van der Waals surface area contributed by atoms with Gasteiger partial charge in [-0.25, -0.2) is 0 Å². The van der Waals surface area contributed by atoms with Gasteiger partial charge in [0, 0.05) is 5.75 Å². The third-order valence-electron chi connectivity index (χ3n) is 3.92. The summed E-state index contributed by atoms with van der Waals surface area (Å²) >= 11 is 0. The van der Waals surface area contributed by atoms with Crippen molar-refractivity contribution in [1.29, 1.82) is 0 Å². The molecule has 0 aliphatic heterocycles. The van der Waals surface area contributed by atoms with Crippen LogP contribution in [0.2, 0.25) is 0 Å². The van der Waals surface area contributed by atoms with Crippen molar-refractivity contribution in [3.8, 4) is 11.7 Å². The number of hydrogen-bond acceptors (Lipinski definition) is 0. The number of rotatable bonds is 2. The van der Waals surface area contributed by atoms with Gasteiger partial charge < -0.3 is 0 Å². The maximum absolute atomic E-state index is 5.62. The predicted molar refractivity (Wildman–Crippen MR) is 78.2 cm³/mol. The molecule has 1 heteroatoms. The SMILES string of the molecule is C#CS(=C=C)(=C=C)CC1C(C)CCCC1C. The maximum Gasteiger partial charge on any atom is 0.0111 e. The second kappa shape index (κ2) is 5.51. The minimum atomic E-state index is -1.47. The summed E-state index contributed by atoms with van der Waals surface area (Å²) in [5.74, 6) is 3.18. The lowest BCUT2D eigenvalue weighted by molar-refractivity contribution is 0.202. The van der Waals surface area contributed by atoms with Crippen molar-refractivity contribution in [2.24, 2.45) is 17.8 Å². The van der Waals surface area contributed by atoms with Crippen LogP contribution in [-0.4, -0.2) is 15.8 Å². The normalized spacial score (nSPS) is 29.9. The number of hydrogen-bond donors (Lipinski definition) is 0. The van der Waals surface area contributed by atoms with Crippen LogP contribution in [0, 0.1) is 29.4 Å². The van der Waals surface area contributed by atoms with Crippen LogP contribution in [0.25, 0.3) is 0 Å². The molecule has 0 nitrogen and oxygen atoms in total. The van der Waals surface area contributed by atoms with Gasteiger partial charge in [0.1, 0.15) is 0 Å². The first-order valence-electron chi connectivity index (χ1n) is 5.94. The zero-order valence-electron chi connectivity index (χ0n) is 10.5. The molecule has 0 spiro atoms. The summed E-state index contributed by atoms with van der Waals surface area (Å²) in [6, 6.07) is 0. The van der Waals surface area contributed by atoms with E-state index >= 15 is 0 Å². The fraction of sp³-hybridized carbons (Fsp3) is 0.600. The third-order valence-corrected chi connectivity index (χ3v) is 6.19. The highest BCUT2D eigenvalue weighted by molar-refractivity contribution is 8.32. The molecule has 1 aliphatic rings. The Bertz CT molecular complexity index is 414. The van der Waals surface area contributed by atoms with Crippen molar-refractivity contribution in [3.05, 3.63) is 13.2 Å². The van der Waals surface area contributed by atoms with Crippen LogP contribution in [0.5, 0.6) is 0 Å². The van der Waals surface area contributed by atoms with Gasteiger partial charge in [0.25, 0.3) is 0 Å². The molecule has 0 bridgehead atoms. The van der Waals surface area contributed by atoms with E-state index in [1.165, 1.54) is 19.3 Å². The Morgan fingerprint density at radius 2 is 1.69 bits per heavy atom. The fourth-order valence-electron chi connectivity index (χ4n) is 2.67. The highest BCUT2D eigenvalue weighted by Crippen LogP contribution is 2.39. The minimum absolute atomic E-state index is 0.684. The van der Waals surface area contributed by atoms with Crippen molar-refractivity contribution in [3.63, 3.8) is 0 Å². The molecular formula is C15H22S. The van der Waals surface area contributed by atoms with Crippen molar-refractivity contribution in [1.82, 2.24) is 0 Å². The van der Waals surface area contributed by atoms with E-state index in [1.54, 1.807) is 0 Å². The Hall–Kier alpha value is -0.790. The lowest BCUT2D eigenvalue weighted by atomic mass is 9.75. The third kappa shape index (κ3) is 2.66. The Morgan fingerprint density at radius 3 is 2.06 bits per heavy atom. The smallest absolute Gasteiger partial charge is 0.0111 e. The summed E-state index contributed by atoms with van der Waals surface area (Å²) in [5.41, 5.74) is 0. The van der Waals surface area contributed by atoms with E-state index in [0.717, 1.165) is 17.6 Å². The molecule has 0 N–H and O–H groups in total. The zero-order chi connectivity index (χ0) is 12.2. The molecule has 0 saturated heterocycles. The largest absolute Gasteiger partial charge is 0.108 e. The van der Waals surface area contributed by atoms with E-state index in [-0.39, 0.29) is 0 Å². The second-order valence-electron chi connectivity index (χ2n) is 4.86. The van der Waals surface area contributed by atoms with Crippen molar-refractivity contribution in [2.75, 3.05) is 5.75 Å². The van der Waals surface area contributed by atoms with Crippen LogP contribution < -0.4 is 0 Å². The first kappa shape index (κ1) is 13.3. The first-order chi connectivity index (χ1) is 7.58. The Labute approximate surface area is 101 Å². The van der Waals surface area contributed by atoms with Crippen LogP contribution in [0.4, 0.5) is 0 Å². The van der Waals surface area contributed by atoms with E-state index in [9.17, 15) is 0 Å². The summed E-state index contributed by atoms with van der Waals surface area (Å²) in [4.78, 5) is 0. The Morgan fingerprint density at radius 1 is 1.19 bits per heavy atom. The molecule has 1 rings (SSSR count). The zero-order valence-corrected chi connectivity index (χ0v) is 11.3. The molecule has 0 heterocycles. The lowest BCUT2D eigenvalue weighted by Crippen LogP contribution is -2.27. The minimum Gasteiger partial charge on any atom is -0.108 e. The van der Waals surface area contributed by atoms with Crippen molar-refractivity contribution < 1.29 is 0 Å². The second-order valence-corrected chi connectivity index (χ2v) is 7.49. The fourth-order valence-corrected chi connectivity index (χ4v) is 4.50. The summed E-state index contributed by atoms with van der Waals surface area (Å²) in [6.07, 6.45) is 9.62. The van der Waals surface area contributed by atoms with Gasteiger partial charge in [-0.05, 0) is 36.2 Å². The molecule has 88 valence electrons. The van der Waals surface area contributed by atoms with Gasteiger partial charge in [0.15, 0.2) is 0 Å². The average molecular weight is 234 g/mol. The summed E-state index contributed by atoms with van der Waals surface area (Å²) in [5, 5.41) is 8.89. The summed E-state index contributed by atoms with van der Waals surface area (Å²) in [6.45, 7) is 12.2. The van der Waals surface area contributed by atoms with Crippen LogP contribution in [-0.2, 0) is 0 Å². The molecule has 2 unspecified atom stereocenters. The van der Waals surface area contributed by atoms with Gasteiger partial charge in [-0.3, -0.25) is 0 Å². The van der Waals surface area contributed by atoms with E-state index < -0.39 is 9.21 Å². The molecule has 0 amide bonds. The van der Waals surface area contributed by atoms with Gasteiger partial charge in [0.05, 0.1) is 0 Å². The van der Waals surface area contributed by atoms with Gasteiger partial charge in [-0.2, -0.15) is 0 Å². The van der Waals surface area contributed by atoms with Crippen LogP contribution >= 0.6 is 9.21 Å². The van der Waals surface area contributed by atoms with Crippen LogP contribution in [0.15, 0.2) is 13.2 Å². The summed E-state index contributed by atoms with van der Waals surface area (Å²) in [7, 11) is -1.47. The molecule has 0 aromatic heterocycles. The Kier molecular flexibility index (Phi) is 4.57. The van der Waals surface area contributed by atoms with E-state index in [2.05, 4.69) is 42.3 Å². The molecule has 1 fully saturated rings. The quantitative estimate of drug-likeness (QED) is 0.505. The van der Waals surface area contributed by atoms with E-state index in [1.807, 2.05) is 0 Å². The Balaban J connectivity index is 3.01. The van der Waals surface area contributed by atoms with Crippen molar-refractivity contribution >= 4 is 19.3 Å². The van der Waals surface area contributed by atoms with E-state index in [4.69, 9.17) is 6.42 Å². The molecule has 1 saturated carbocycles. The van der Waals surface area contributed by atoms with Gasteiger partial charge in [-0.1, -0.05) is 52.4 Å². The van der Waals surface area contributed by atoms with Crippen molar-refractivity contribution in [2.45, 2.75) is 33.1 Å². The number of terminal acetylenes is 1. The molecule has 0 radical (unpaired) electrons. The molecule has 1 aliphatic carbocycles. The maximum atomic E-state index is 5.62.